The largest absolute Gasteiger partial charge is 0.366 e. The third-order valence-corrected chi connectivity index (χ3v) is 5.19. The van der Waals surface area contributed by atoms with E-state index < -0.39 is 0 Å². The quantitative estimate of drug-likeness (QED) is 0.577. The topological polar surface area (TPSA) is 105 Å². The summed E-state index contributed by atoms with van der Waals surface area (Å²) in [4.78, 5) is 37.3. The molecule has 0 unspecified atom stereocenters. The van der Waals surface area contributed by atoms with Crippen LogP contribution in [0, 0.1) is 16.0 Å². The van der Waals surface area contributed by atoms with Crippen LogP contribution in [0.3, 0.4) is 0 Å². The molecule has 0 bridgehead atoms. The number of benzene rings is 2. The molecule has 0 radical (unpaired) electrons. The number of nitro benzene ring substituents is 1. The van der Waals surface area contributed by atoms with Crippen molar-refractivity contribution in [1.29, 1.82) is 0 Å². The predicted octanol–water partition coefficient (Wildman–Crippen LogP) is 2.74. The highest BCUT2D eigenvalue weighted by atomic mass is 16.6. The van der Waals surface area contributed by atoms with Crippen molar-refractivity contribution >= 4 is 28.9 Å². The Kier molecular flexibility index (Phi) is 6.43. The number of nitrogens with zero attached hydrogens (tertiary/aromatic N) is 2. The molecular weight excluding hydrogens is 372 g/mol. The van der Waals surface area contributed by atoms with Gasteiger partial charge in [-0.05, 0) is 30.5 Å². The number of nitro groups is 1. The van der Waals surface area contributed by atoms with Gasteiger partial charge in [0.2, 0.25) is 11.8 Å². The van der Waals surface area contributed by atoms with Crippen LogP contribution >= 0.6 is 0 Å². The zero-order chi connectivity index (χ0) is 20.8. The number of carbonyl (C=O) groups excluding carboxylic acids is 2. The number of anilines is 2. The highest BCUT2D eigenvalue weighted by Crippen LogP contribution is 2.31. The van der Waals surface area contributed by atoms with E-state index in [4.69, 9.17) is 0 Å². The second-order valence-electron chi connectivity index (χ2n) is 7.00. The molecule has 3 rings (SSSR count). The highest BCUT2D eigenvalue weighted by Gasteiger charge is 2.28. The van der Waals surface area contributed by atoms with Crippen molar-refractivity contribution in [2.75, 3.05) is 30.4 Å². The van der Waals surface area contributed by atoms with Gasteiger partial charge in [-0.15, -0.1) is 0 Å². The monoisotopic (exact) mass is 396 g/mol. The van der Waals surface area contributed by atoms with E-state index in [0.717, 1.165) is 5.56 Å². The maximum atomic E-state index is 12.8. The summed E-state index contributed by atoms with van der Waals surface area (Å²) < 4.78 is 0. The smallest absolute Gasteiger partial charge is 0.292 e. The van der Waals surface area contributed by atoms with Crippen LogP contribution < -0.4 is 15.5 Å². The molecule has 2 aromatic carbocycles. The van der Waals surface area contributed by atoms with Crippen molar-refractivity contribution in [2.45, 2.75) is 19.3 Å². The third-order valence-electron chi connectivity index (χ3n) is 5.19. The minimum atomic E-state index is -0.377. The molecule has 0 aliphatic carbocycles. The van der Waals surface area contributed by atoms with Gasteiger partial charge in [0.25, 0.3) is 5.69 Å². The Morgan fingerprint density at radius 1 is 1.10 bits per heavy atom. The van der Waals surface area contributed by atoms with Crippen molar-refractivity contribution in [1.82, 2.24) is 5.32 Å². The van der Waals surface area contributed by atoms with Gasteiger partial charge in [0.15, 0.2) is 0 Å². The van der Waals surface area contributed by atoms with Gasteiger partial charge in [-0.3, -0.25) is 19.7 Å². The molecule has 1 aliphatic rings. The van der Waals surface area contributed by atoms with Gasteiger partial charge in [-0.1, -0.05) is 30.3 Å². The molecule has 1 aliphatic heterocycles. The van der Waals surface area contributed by atoms with Crippen LogP contribution in [0.4, 0.5) is 17.1 Å². The Morgan fingerprint density at radius 2 is 1.76 bits per heavy atom. The van der Waals surface area contributed by atoms with Gasteiger partial charge < -0.3 is 15.5 Å². The number of hydrogen-bond acceptors (Lipinski definition) is 5. The van der Waals surface area contributed by atoms with Crippen LogP contribution in [0.5, 0.6) is 0 Å². The summed E-state index contributed by atoms with van der Waals surface area (Å²) in [5, 5.41) is 16.8. The maximum absolute atomic E-state index is 12.8. The Balaban J connectivity index is 1.63. The van der Waals surface area contributed by atoms with E-state index >= 15 is 0 Å². The lowest BCUT2D eigenvalue weighted by Crippen LogP contribution is -2.38. The fourth-order valence-electron chi connectivity index (χ4n) is 3.56. The van der Waals surface area contributed by atoms with Crippen LogP contribution in [0.15, 0.2) is 48.5 Å². The summed E-state index contributed by atoms with van der Waals surface area (Å²) in [6.07, 6.45) is 1.41. The Labute approximate surface area is 169 Å². The number of hydrogen-bond donors (Lipinski definition) is 2. The SMILES string of the molecule is CNC(=O)Cc1ccccc1NC(=O)C1CCN(c2ccccc2[N+](=O)[O-])CC1. The van der Waals surface area contributed by atoms with Gasteiger partial charge in [0, 0.05) is 37.8 Å². The normalized spacial score (nSPS) is 14.3. The Morgan fingerprint density at radius 3 is 2.45 bits per heavy atom. The lowest BCUT2D eigenvalue weighted by Gasteiger charge is -2.32. The third kappa shape index (κ3) is 4.90. The van der Waals surface area contributed by atoms with E-state index in [1.165, 1.54) is 6.07 Å². The number of nitrogens with one attached hydrogen (secondary N) is 2. The lowest BCUT2D eigenvalue weighted by molar-refractivity contribution is -0.384. The molecule has 8 heteroatoms. The average Bonchev–Trinajstić information content (AvgIpc) is 2.75. The van der Waals surface area contributed by atoms with Crippen molar-refractivity contribution in [2.24, 2.45) is 5.92 Å². The van der Waals surface area contributed by atoms with Crippen LogP contribution in [0.25, 0.3) is 0 Å². The Bertz CT molecular complexity index is 907. The summed E-state index contributed by atoms with van der Waals surface area (Å²) >= 11 is 0. The number of likely N-dealkylation sites (N-methyl/N-ethyl adjacent to an activating group) is 1. The molecule has 0 atom stereocenters. The van der Waals surface area contributed by atoms with E-state index in [-0.39, 0.29) is 34.8 Å². The van der Waals surface area contributed by atoms with Gasteiger partial charge in [0.1, 0.15) is 5.69 Å². The number of amides is 2. The van der Waals surface area contributed by atoms with Crippen LogP contribution in [0.2, 0.25) is 0 Å². The zero-order valence-corrected chi connectivity index (χ0v) is 16.3. The van der Waals surface area contributed by atoms with Crippen molar-refractivity contribution in [3.05, 3.63) is 64.2 Å². The molecule has 2 aromatic rings. The molecular formula is C21H24N4O4. The van der Waals surface area contributed by atoms with Gasteiger partial charge in [-0.25, -0.2) is 0 Å². The van der Waals surface area contributed by atoms with Crippen LogP contribution in [0.1, 0.15) is 18.4 Å². The first kappa shape index (κ1) is 20.3. The first-order chi connectivity index (χ1) is 14.0. The minimum Gasteiger partial charge on any atom is -0.366 e. The molecule has 1 fully saturated rings. The zero-order valence-electron chi connectivity index (χ0n) is 16.3. The van der Waals surface area contributed by atoms with E-state index in [0.29, 0.717) is 37.3 Å². The summed E-state index contributed by atoms with van der Waals surface area (Å²) in [6, 6.07) is 13.9. The van der Waals surface area contributed by atoms with Gasteiger partial charge >= 0.3 is 0 Å². The van der Waals surface area contributed by atoms with E-state index in [2.05, 4.69) is 10.6 Å². The van der Waals surface area contributed by atoms with E-state index in [9.17, 15) is 19.7 Å². The lowest BCUT2D eigenvalue weighted by atomic mass is 9.95. The second kappa shape index (κ2) is 9.18. The average molecular weight is 396 g/mol. The number of carbonyl (C=O) groups is 2. The Hall–Kier alpha value is -3.42. The van der Waals surface area contributed by atoms with Crippen molar-refractivity contribution < 1.29 is 14.5 Å². The molecule has 0 spiro atoms. The fraction of sp³-hybridized carbons (Fsp3) is 0.333. The van der Waals surface area contributed by atoms with Crippen LogP contribution in [-0.2, 0) is 16.0 Å². The number of piperidine rings is 1. The molecule has 0 saturated carbocycles. The molecule has 2 amide bonds. The van der Waals surface area contributed by atoms with E-state index in [1.807, 2.05) is 23.1 Å². The van der Waals surface area contributed by atoms with E-state index in [1.54, 1.807) is 31.3 Å². The summed E-state index contributed by atoms with van der Waals surface area (Å²) in [5.74, 6) is -0.386. The standard InChI is InChI=1S/C21H24N4O4/c1-22-20(26)14-16-6-2-3-7-17(16)23-21(27)15-10-12-24(13-11-15)18-8-4-5-9-19(18)25(28)29/h2-9,15H,10-14H2,1H3,(H,22,26)(H,23,27). The highest BCUT2D eigenvalue weighted by molar-refractivity contribution is 5.94. The fourth-order valence-corrected chi connectivity index (χ4v) is 3.56. The first-order valence-electron chi connectivity index (χ1n) is 9.57. The van der Waals surface area contributed by atoms with Gasteiger partial charge in [-0.2, -0.15) is 0 Å². The molecule has 1 heterocycles. The molecule has 152 valence electrons. The van der Waals surface area contributed by atoms with Crippen LogP contribution in [-0.4, -0.2) is 36.9 Å². The predicted molar refractivity (Wildman–Crippen MR) is 111 cm³/mol. The number of rotatable bonds is 6. The summed E-state index contributed by atoms with van der Waals surface area (Å²) in [5.41, 5.74) is 2.07. The molecule has 29 heavy (non-hydrogen) atoms. The summed E-state index contributed by atoms with van der Waals surface area (Å²) in [7, 11) is 1.58. The number of para-hydroxylation sites is 3. The van der Waals surface area contributed by atoms with Crippen molar-refractivity contribution in [3.63, 3.8) is 0 Å². The molecule has 0 aromatic heterocycles. The van der Waals surface area contributed by atoms with Gasteiger partial charge in [0.05, 0.1) is 11.3 Å². The second-order valence-corrected chi connectivity index (χ2v) is 7.00. The maximum Gasteiger partial charge on any atom is 0.292 e. The molecule has 8 nitrogen and oxygen atoms in total. The molecule has 2 N–H and O–H groups in total. The van der Waals surface area contributed by atoms with Crippen molar-refractivity contribution in [3.8, 4) is 0 Å². The first-order valence-corrected chi connectivity index (χ1v) is 9.57. The molecule has 1 saturated heterocycles. The minimum absolute atomic E-state index is 0.0820. The summed E-state index contributed by atoms with van der Waals surface area (Å²) in [6.45, 7) is 1.14.